The molecular weight excluding hydrogens is 225 g/mol. The van der Waals surface area contributed by atoms with Gasteiger partial charge in [0.05, 0.1) is 4.92 Å². The fourth-order valence-electron chi connectivity index (χ4n) is 0.748. The molecule has 0 aliphatic rings. The summed E-state index contributed by atoms with van der Waals surface area (Å²) in [6, 6.07) is 0.353. The smallest absolute Gasteiger partial charge is 0.258 e. The van der Waals surface area contributed by atoms with Crippen LogP contribution in [0.15, 0.2) is 6.07 Å². The fourth-order valence-corrected chi connectivity index (χ4v) is 0.943. The fraction of sp³-hybridized carbons (Fsp3) is 0.167. The van der Waals surface area contributed by atoms with E-state index < -0.39 is 33.7 Å². The van der Waals surface area contributed by atoms with E-state index in [9.17, 15) is 23.3 Å². The molecule has 0 saturated carbocycles. The molecule has 76 valence electrons. The highest BCUT2D eigenvalue weighted by molar-refractivity contribution is 6.29. The monoisotopic (exact) mass is 226 g/mol. The third-order valence-corrected chi connectivity index (χ3v) is 1.59. The SMILES string of the molecule is O=[N+]([O-])c1cc(C(F)F)nc(Cl)c1F. The van der Waals surface area contributed by atoms with E-state index in [0.29, 0.717) is 6.07 Å². The number of pyridine rings is 1. The van der Waals surface area contributed by atoms with Crippen LogP contribution in [0.4, 0.5) is 18.9 Å². The minimum Gasteiger partial charge on any atom is -0.258 e. The number of nitro groups is 1. The average molecular weight is 227 g/mol. The van der Waals surface area contributed by atoms with Gasteiger partial charge in [-0.2, -0.15) is 4.39 Å². The van der Waals surface area contributed by atoms with Crippen molar-refractivity contribution in [3.8, 4) is 0 Å². The van der Waals surface area contributed by atoms with E-state index in [0.717, 1.165) is 0 Å². The minimum absolute atomic E-state index is 0.353. The Bertz CT molecular complexity index is 386. The molecule has 0 aromatic carbocycles. The minimum atomic E-state index is -3.04. The Balaban J connectivity index is 3.35. The molecule has 0 atom stereocenters. The molecule has 0 aliphatic carbocycles. The van der Waals surface area contributed by atoms with Crippen LogP contribution in [0, 0.1) is 15.9 Å². The van der Waals surface area contributed by atoms with E-state index in [1.54, 1.807) is 0 Å². The number of alkyl halides is 2. The maximum atomic E-state index is 12.8. The number of nitrogens with zero attached hydrogens (tertiary/aromatic N) is 2. The molecule has 0 spiro atoms. The van der Waals surface area contributed by atoms with Crippen molar-refractivity contribution in [3.63, 3.8) is 0 Å². The molecular formula is C6H2ClF3N2O2. The van der Waals surface area contributed by atoms with Crippen molar-refractivity contribution < 1.29 is 18.1 Å². The van der Waals surface area contributed by atoms with E-state index in [-0.39, 0.29) is 0 Å². The Kier molecular flexibility index (Phi) is 2.90. The first-order valence-corrected chi connectivity index (χ1v) is 3.59. The molecule has 4 nitrogen and oxygen atoms in total. The standard InChI is InChI=1S/C6H2ClF3N2O2/c7-5-4(8)3(12(13)14)1-2(11-5)6(9)10/h1,6H. The molecule has 0 fully saturated rings. The Labute approximate surface area is 80.5 Å². The van der Waals surface area contributed by atoms with Crippen molar-refractivity contribution in [1.82, 2.24) is 4.98 Å². The highest BCUT2D eigenvalue weighted by Gasteiger charge is 2.23. The zero-order valence-corrected chi connectivity index (χ0v) is 7.13. The molecule has 0 unspecified atom stereocenters. The Morgan fingerprint density at radius 3 is 2.57 bits per heavy atom. The van der Waals surface area contributed by atoms with Crippen molar-refractivity contribution in [3.05, 3.63) is 32.8 Å². The second-order valence-corrected chi connectivity index (χ2v) is 2.59. The van der Waals surface area contributed by atoms with Gasteiger partial charge in [-0.05, 0) is 0 Å². The normalized spacial score (nSPS) is 10.6. The van der Waals surface area contributed by atoms with Gasteiger partial charge < -0.3 is 0 Å². The summed E-state index contributed by atoms with van der Waals surface area (Å²) in [5.74, 6) is -1.42. The van der Waals surface area contributed by atoms with Crippen LogP contribution < -0.4 is 0 Å². The van der Waals surface area contributed by atoms with Gasteiger partial charge in [0.25, 0.3) is 6.43 Å². The van der Waals surface area contributed by atoms with Crippen LogP contribution >= 0.6 is 11.6 Å². The molecule has 1 aromatic rings. The zero-order chi connectivity index (χ0) is 10.9. The molecule has 1 heterocycles. The summed E-state index contributed by atoms with van der Waals surface area (Å²) >= 11 is 5.08. The van der Waals surface area contributed by atoms with Crippen molar-refractivity contribution in [2.45, 2.75) is 6.43 Å². The molecule has 0 N–H and O–H groups in total. The van der Waals surface area contributed by atoms with Gasteiger partial charge >= 0.3 is 5.69 Å². The van der Waals surface area contributed by atoms with Crippen molar-refractivity contribution >= 4 is 17.3 Å². The van der Waals surface area contributed by atoms with Crippen molar-refractivity contribution in [2.75, 3.05) is 0 Å². The predicted molar refractivity (Wildman–Crippen MR) is 40.8 cm³/mol. The molecule has 14 heavy (non-hydrogen) atoms. The van der Waals surface area contributed by atoms with Gasteiger partial charge in [0.15, 0.2) is 5.15 Å². The maximum absolute atomic E-state index is 12.8. The number of aromatic nitrogens is 1. The second kappa shape index (κ2) is 3.79. The Hall–Kier alpha value is -1.37. The first-order chi connectivity index (χ1) is 6.43. The lowest BCUT2D eigenvalue weighted by Crippen LogP contribution is -1.99. The Morgan fingerprint density at radius 1 is 1.57 bits per heavy atom. The second-order valence-electron chi connectivity index (χ2n) is 2.23. The lowest BCUT2D eigenvalue weighted by molar-refractivity contribution is -0.387. The number of halogens is 4. The van der Waals surface area contributed by atoms with Crippen molar-refractivity contribution in [1.29, 1.82) is 0 Å². The van der Waals surface area contributed by atoms with Gasteiger partial charge in [-0.3, -0.25) is 10.1 Å². The van der Waals surface area contributed by atoms with Gasteiger partial charge in [-0.1, -0.05) is 11.6 Å². The van der Waals surface area contributed by atoms with Crippen LogP contribution in [0.25, 0.3) is 0 Å². The van der Waals surface area contributed by atoms with Gasteiger partial charge in [0.1, 0.15) is 5.69 Å². The quantitative estimate of drug-likeness (QED) is 0.443. The van der Waals surface area contributed by atoms with Crippen LogP contribution in [0.3, 0.4) is 0 Å². The van der Waals surface area contributed by atoms with E-state index in [2.05, 4.69) is 4.98 Å². The van der Waals surface area contributed by atoms with Gasteiger partial charge in [0, 0.05) is 6.07 Å². The summed E-state index contributed by atoms with van der Waals surface area (Å²) in [6.07, 6.45) is -3.04. The highest BCUT2D eigenvalue weighted by Crippen LogP contribution is 2.28. The first-order valence-electron chi connectivity index (χ1n) is 3.22. The number of hydrogen-bond acceptors (Lipinski definition) is 3. The molecule has 0 bridgehead atoms. The zero-order valence-electron chi connectivity index (χ0n) is 6.38. The predicted octanol–water partition coefficient (Wildman–Crippen LogP) is 2.72. The van der Waals surface area contributed by atoms with Crippen LogP contribution in [0.1, 0.15) is 12.1 Å². The van der Waals surface area contributed by atoms with Crippen molar-refractivity contribution in [2.24, 2.45) is 0 Å². The topological polar surface area (TPSA) is 56.0 Å². The molecule has 1 aromatic heterocycles. The van der Waals surface area contributed by atoms with E-state index in [1.807, 2.05) is 0 Å². The lowest BCUT2D eigenvalue weighted by Gasteiger charge is -2.00. The van der Waals surface area contributed by atoms with Crippen LogP contribution in [-0.4, -0.2) is 9.91 Å². The first kappa shape index (κ1) is 10.7. The molecule has 0 amide bonds. The van der Waals surface area contributed by atoms with E-state index in [4.69, 9.17) is 11.6 Å². The summed E-state index contributed by atoms with van der Waals surface area (Å²) in [5.41, 5.74) is -2.04. The summed E-state index contributed by atoms with van der Waals surface area (Å²) in [7, 11) is 0. The van der Waals surface area contributed by atoms with Gasteiger partial charge in [-0.25, -0.2) is 13.8 Å². The largest absolute Gasteiger partial charge is 0.310 e. The molecule has 8 heteroatoms. The summed E-state index contributed by atoms with van der Waals surface area (Å²) in [4.78, 5) is 12.0. The van der Waals surface area contributed by atoms with Crippen LogP contribution in [0.5, 0.6) is 0 Å². The number of rotatable bonds is 2. The van der Waals surface area contributed by atoms with Crippen LogP contribution in [0.2, 0.25) is 5.15 Å². The average Bonchev–Trinajstić information content (AvgIpc) is 2.08. The molecule has 0 saturated heterocycles. The third-order valence-electron chi connectivity index (χ3n) is 1.34. The van der Waals surface area contributed by atoms with Gasteiger partial charge in [-0.15, -0.1) is 0 Å². The molecule has 1 rings (SSSR count). The molecule has 0 aliphatic heterocycles. The summed E-state index contributed by atoms with van der Waals surface area (Å²) < 4.78 is 36.9. The third kappa shape index (κ3) is 1.92. The van der Waals surface area contributed by atoms with E-state index >= 15 is 0 Å². The summed E-state index contributed by atoms with van der Waals surface area (Å²) in [5, 5.41) is 9.25. The highest BCUT2D eigenvalue weighted by atomic mass is 35.5. The lowest BCUT2D eigenvalue weighted by atomic mass is 10.3. The number of hydrogen-bond donors (Lipinski definition) is 0. The Morgan fingerprint density at radius 2 is 2.14 bits per heavy atom. The van der Waals surface area contributed by atoms with Crippen LogP contribution in [-0.2, 0) is 0 Å². The molecule has 0 radical (unpaired) electrons. The van der Waals surface area contributed by atoms with E-state index in [1.165, 1.54) is 0 Å². The summed E-state index contributed by atoms with van der Waals surface area (Å²) in [6.45, 7) is 0. The maximum Gasteiger partial charge on any atom is 0.310 e. The van der Waals surface area contributed by atoms with Gasteiger partial charge in [0.2, 0.25) is 5.82 Å².